The van der Waals surface area contributed by atoms with E-state index in [9.17, 15) is 0 Å². The summed E-state index contributed by atoms with van der Waals surface area (Å²) in [6.07, 6.45) is 8.14. The van der Waals surface area contributed by atoms with E-state index in [1.54, 1.807) is 0 Å². The zero-order valence-corrected chi connectivity index (χ0v) is 14.3. The first-order chi connectivity index (χ1) is 10.6. The first kappa shape index (κ1) is 18.7. The van der Waals surface area contributed by atoms with Gasteiger partial charge in [0, 0.05) is 12.6 Å². The molecular weight excluding hydrogens is 268 g/mol. The molecule has 1 rings (SSSR count). The molecule has 1 unspecified atom stereocenters. The highest BCUT2D eigenvalue weighted by Gasteiger charge is 2.15. The number of allylic oxidation sites excluding steroid dienone is 2. The average Bonchev–Trinajstić information content (AvgIpc) is 2.50. The van der Waals surface area contributed by atoms with Crippen LogP contribution in [0, 0.1) is 5.92 Å². The molecule has 2 heteroatoms. The third-order valence-corrected chi connectivity index (χ3v) is 3.98. The Morgan fingerprint density at radius 3 is 2.50 bits per heavy atom. The largest absolute Gasteiger partial charge is 0.329 e. The SMILES string of the molecule is C=CCc1cccc(C(CN)NCCCC(C)C)c1CC=C. The molecule has 2 nitrogen and oxygen atoms in total. The Kier molecular flexibility index (Phi) is 8.79. The summed E-state index contributed by atoms with van der Waals surface area (Å²) in [6.45, 7) is 13.9. The second-order valence-electron chi connectivity index (χ2n) is 6.25. The molecule has 0 aromatic heterocycles. The van der Waals surface area contributed by atoms with Crippen molar-refractivity contribution in [1.82, 2.24) is 5.32 Å². The van der Waals surface area contributed by atoms with Gasteiger partial charge in [0.05, 0.1) is 0 Å². The van der Waals surface area contributed by atoms with Crippen LogP contribution in [0.5, 0.6) is 0 Å². The molecule has 0 bridgehead atoms. The minimum Gasteiger partial charge on any atom is -0.329 e. The van der Waals surface area contributed by atoms with E-state index in [2.05, 4.69) is 50.5 Å². The van der Waals surface area contributed by atoms with Gasteiger partial charge in [-0.1, -0.05) is 44.2 Å². The topological polar surface area (TPSA) is 38.0 Å². The van der Waals surface area contributed by atoms with Gasteiger partial charge in [0.15, 0.2) is 0 Å². The van der Waals surface area contributed by atoms with Gasteiger partial charge in [-0.2, -0.15) is 0 Å². The summed E-state index contributed by atoms with van der Waals surface area (Å²) < 4.78 is 0. The molecule has 0 saturated carbocycles. The normalized spacial score (nSPS) is 12.4. The number of hydrogen-bond donors (Lipinski definition) is 2. The van der Waals surface area contributed by atoms with Gasteiger partial charge in [0.1, 0.15) is 0 Å². The Balaban J connectivity index is 2.87. The highest BCUT2D eigenvalue weighted by Crippen LogP contribution is 2.23. The van der Waals surface area contributed by atoms with Crippen molar-refractivity contribution >= 4 is 0 Å². The first-order valence-electron chi connectivity index (χ1n) is 8.39. The molecule has 0 aliphatic rings. The number of nitrogens with one attached hydrogen (secondary N) is 1. The summed E-state index contributed by atoms with van der Waals surface area (Å²) in [6, 6.07) is 6.71. The minimum absolute atomic E-state index is 0.215. The quantitative estimate of drug-likeness (QED) is 0.475. The summed E-state index contributed by atoms with van der Waals surface area (Å²) in [4.78, 5) is 0. The second kappa shape index (κ2) is 10.4. The van der Waals surface area contributed by atoms with Crippen molar-refractivity contribution in [3.8, 4) is 0 Å². The number of hydrogen-bond acceptors (Lipinski definition) is 2. The Hall–Kier alpha value is -1.38. The minimum atomic E-state index is 0.215. The fourth-order valence-corrected chi connectivity index (χ4v) is 2.83. The monoisotopic (exact) mass is 300 g/mol. The molecule has 1 atom stereocenters. The van der Waals surface area contributed by atoms with Crippen LogP contribution in [0.15, 0.2) is 43.5 Å². The molecule has 0 saturated heterocycles. The molecule has 0 radical (unpaired) electrons. The van der Waals surface area contributed by atoms with E-state index in [0.717, 1.165) is 25.3 Å². The van der Waals surface area contributed by atoms with Gasteiger partial charge >= 0.3 is 0 Å². The predicted octanol–water partition coefficient (Wildman–Crippen LogP) is 4.17. The van der Waals surface area contributed by atoms with Gasteiger partial charge in [-0.3, -0.25) is 0 Å². The number of nitrogens with two attached hydrogens (primary N) is 1. The smallest absolute Gasteiger partial charge is 0.0447 e. The van der Waals surface area contributed by atoms with Crippen LogP contribution in [-0.2, 0) is 12.8 Å². The Labute approximate surface area is 136 Å². The summed E-state index contributed by atoms with van der Waals surface area (Å²) in [7, 11) is 0. The van der Waals surface area contributed by atoms with E-state index in [1.807, 2.05) is 12.2 Å². The Morgan fingerprint density at radius 2 is 1.91 bits per heavy atom. The molecule has 1 aromatic carbocycles. The van der Waals surface area contributed by atoms with E-state index in [4.69, 9.17) is 5.73 Å². The van der Waals surface area contributed by atoms with Crippen LogP contribution in [0.3, 0.4) is 0 Å². The molecule has 1 aromatic rings. The van der Waals surface area contributed by atoms with Crippen LogP contribution in [0.1, 0.15) is 49.4 Å². The van der Waals surface area contributed by atoms with Gasteiger partial charge in [0.2, 0.25) is 0 Å². The number of benzene rings is 1. The first-order valence-corrected chi connectivity index (χ1v) is 8.39. The van der Waals surface area contributed by atoms with Crippen molar-refractivity contribution in [3.05, 3.63) is 60.2 Å². The fourth-order valence-electron chi connectivity index (χ4n) is 2.83. The van der Waals surface area contributed by atoms with E-state index in [0.29, 0.717) is 6.54 Å². The maximum absolute atomic E-state index is 6.03. The summed E-state index contributed by atoms with van der Waals surface area (Å²) in [5.74, 6) is 0.755. The van der Waals surface area contributed by atoms with Crippen molar-refractivity contribution in [2.24, 2.45) is 11.7 Å². The van der Waals surface area contributed by atoms with Crippen LogP contribution in [0.4, 0.5) is 0 Å². The molecular formula is C20H32N2. The molecule has 122 valence electrons. The third-order valence-electron chi connectivity index (χ3n) is 3.98. The van der Waals surface area contributed by atoms with Crippen molar-refractivity contribution in [2.75, 3.05) is 13.1 Å². The van der Waals surface area contributed by atoms with Gasteiger partial charge in [-0.15, -0.1) is 13.2 Å². The summed E-state index contributed by atoms with van der Waals surface area (Å²) >= 11 is 0. The van der Waals surface area contributed by atoms with Gasteiger partial charge in [-0.25, -0.2) is 0 Å². The lowest BCUT2D eigenvalue weighted by Crippen LogP contribution is -2.30. The lowest BCUT2D eigenvalue weighted by molar-refractivity contribution is 0.483. The highest BCUT2D eigenvalue weighted by atomic mass is 14.9. The molecule has 22 heavy (non-hydrogen) atoms. The van der Waals surface area contributed by atoms with Gasteiger partial charge in [0.25, 0.3) is 0 Å². The Morgan fingerprint density at radius 1 is 1.18 bits per heavy atom. The van der Waals surface area contributed by atoms with E-state index in [1.165, 1.54) is 29.5 Å². The summed E-state index contributed by atoms with van der Waals surface area (Å²) in [5, 5.41) is 3.62. The number of rotatable bonds is 11. The second-order valence-corrected chi connectivity index (χ2v) is 6.25. The van der Waals surface area contributed by atoms with Crippen molar-refractivity contribution < 1.29 is 0 Å². The molecule has 3 N–H and O–H groups in total. The standard InChI is InChI=1S/C20H32N2/c1-5-9-17-12-7-13-19(18(17)10-6-2)20(15-21)22-14-8-11-16(3)4/h5-7,12-13,16,20,22H,1-2,8-11,14-15,21H2,3-4H3. The molecule has 0 spiro atoms. The van der Waals surface area contributed by atoms with Crippen LogP contribution in [0.25, 0.3) is 0 Å². The van der Waals surface area contributed by atoms with E-state index >= 15 is 0 Å². The van der Waals surface area contributed by atoms with Gasteiger partial charge < -0.3 is 11.1 Å². The van der Waals surface area contributed by atoms with Crippen LogP contribution >= 0.6 is 0 Å². The fraction of sp³-hybridized carbons (Fsp3) is 0.500. The maximum atomic E-state index is 6.03. The predicted molar refractivity (Wildman–Crippen MR) is 98.1 cm³/mol. The molecule has 0 amide bonds. The van der Waals surface area contributed by atoms with Crippen LogP contribution in [-0.4, -0.2) is 13.1 Å². The molecule has 0 aliphatic carbocycles. The molecule has 0 aliphatic heterocycles. The summed E-state index contributed by atoms with van der Waals surface area (Å²) in [5.41, 5.74) is 10.0. The van der Waals surface area contributed by atoms with Crippen LogP contribution < -0.4 is 11.1 Å². The maximum Gasteiger partial charge on any atom is 0.0447 e. The third kappa shape index (κ3) is 5.78. The zero-order chi connectivity index (χ0) is 16.4. The van der Waals surface area contributed by atoms with E-state index in [-0.39, 0.29) is 6.04 Å². The average molecular weight is 300 g/mol. The van der Waals surface area contributed by atoms with Crippen molar-refractivity contribution in [3.63, 3.8) is 0 Å². The Bertz CT molecular complexity index is 463. The van der Waals surface area contributed by atoms with E-state index < -0.39 is 0 Å². The van der Waals surface area contributed by atoms with Crippen molar-refractivity contribution in [1.29, 1.82) is 0 Å². The van der Waals surface area contributed by atoms with Crippen LogP contribution in [0.2, 0.25) is 0 Å². The lowest BCUT2D eigenvalue weighted by atomic mass is 9.92. The van der Waals surface area contributed by atoms with Crippen molar-refractivity contribution in [2.45, 2.75) is 45.6 Å². The lowest BCUT2D eigenvalue weighted by Gasteiger charge is -2.22. The van der Waals surface area contributed by atoms with Gasteiger partial charge in [-0.05, 0) is 54.8 Å². The molecule has 0 fully saturated rings. The zero-order valence-electron chi connectivity index (χ0n) is 14.3. The molecule has 0 heterocycles. The highest BCUT2D eigenvalue weighted by molar-refractivity contribution is 5.39.